The summed E-state index contributed by atoms with van der Waals surface area (Å²) < 4.78 is 54.8. The van der Waals surface area contributed by atoms with Crippen molar-refractivity contribution in [2.24, 2.45) is 0 Å². The lowest BCUT2D eigenvalue weighted by atomic mass is 9.80. The molecule has 454 valence electrons. The lowest BCUT2D eigenvalue weighted by Crippen LogP contribution is -2.32. The molecule has 0 radical (unpaired) electrons. The van der Waals surface area contributed by atoms with E-state index in [4.69, 9.17) is 37.9 Å². The second-order valence-electron chi connectivity index (χ2n) is 31.4. The van der Waals surface area contributed by atoms with Crippen LogP contribution in [0.25, 0.3) is 11.1 Å². The van der Waals surface area contributed by atoms with Crippen LogP contribution < -0.4 is 69.7 Å². The molecule has 0 bridgehead atoms. The number of fused-ring (bicyclic) bond motifs is 2. The predicted octanol–water partition coefficient (Wildman–Crippen LogP) is 16.7. The molecule has 0 amide bonds. The quantitative estimate of drug-likeness (QED) is 0.119. The van der Waals surface area contributed by atoms with Crippen LogP contribution in [0.2, 0.25) is 0 Å². The SMILES string of the molecule is COc1c(P(c2cc(C(C)(C)C)cc(C(C)(C)C)c2OC)c2ccc3c(c2-c2c(P(c4cc(C(C)(C)C)cc(C(C)(C)C)c4OC)c4cc(C(C)(C)C)cc(C(C)(C)C)c4OC)ccc4c2OCO4)OCO3)cc(C(C)(C)C)cc1C(C)(C)C. The average molecular weight is 1180 g/mol. The van der Waals surface area contributed by atoms with Gasteiger partial charge in [-0.3, -0.25) is 0 Å². The van der Waals surface area contributed by atoms with Crippen LogP contribution in [0.4, 0.5) is 0 Å². The van der Waals surface area contributed by atoms with Crippen LogP contribution in [-0.4, -0.2) is 42.0 Å². The van der Waals surface area contributed by atoms with Gasteiger partial charge in [0.25, 0.3) is 0 Å². The molecule has 0 unspecified atom stereocenters. The second-order valence-corrected chi connectivity index (χ2v) is 35.6. The largest absolute Gasteiger partial charge is 0.496 e. The van der Waals surface area contributed by atoms with Crippen LogP contribution in [0, 0.1) is 0 Å². The molecule has 0 aromatic heterocycles. The van der Waals surface area contributed by atoms with Crippen molar-refractivity contribution < 1.29 is 37.9 Å². The van der Waals surface area contributed by atoms with Gasteiger partial charge in [-0.05, 0) is 141 Å². The highest BCUT2D eigenvalue weighted by Crippen LogP contribution is 2.58. The third kappa shape index (κ3) is 12.3. The lowest BCUT2D eigenvalue weighted by molar-refractivity contribution is 0.173. The molecule has 0 aliphatic carbocycles. The zero-order valence-corrected chi connectivity index (χ0v) is 58.3. The molecule has 0 saturated heterocycles. The molecule has 84 heavy (non-hydrogen) atoms. The lowest BCUT2D eigenvalue weighted by Gasteiger charge is -2.36. The van der Waals surface area contributed by atoms with E-state index in [1.807, 2.05) is 28.4 Å². The highest BCUT2D eigenvalue weighted by molar-refractivity contribution is 7.81. The molecule has 0 atom stereocenters. The maximum atomic E-state index is 7.01. The van der Waals surface area contributed by atoms with Gasteiger partial charge in [0.1, 0.15) is 23.0 Å². The van der Waals surface area contributed by atoms with Crippen molar-refractivity contribution in [3.8, 4) is 57.1 Å². The molecule has 0 fully saturated rings. The molecule has 2 heterocycles. The second kappa shape index (κ2) is 22.4. The van der Waals surface area contributed by atoms with Crippen LogP contribution in [-0.2, 0) is 43.3 Å². The van der Waals surface area contributed by atoms with Crippen LogP contribution in [0.1, 0.15) is 211 Å². The Labute approximate surface area is 508 Å². The summed E-state index contributed by atoms with van der Waals surface area (Å²) in [6, 6.07) is 27.9. The van der Waals surface area contributed by atoms with Gasteiger partial charge in [0.05, 0.1) is 28.4 Å². The van der Waals surface area contributed by atoms with Gasteiger partial charge in [-0.15, -0.1) is 0 Å². The minimum absolute atomic E-state index is 0.0426. The standard InChI is InChI=1S/C74H100O8P2/c1-67(2,3)43-33-47(71(13,14)15)61(75-25)55(37-43)83(56-38-44(68(4,5)6)34-48(62(56)76-26)72(16,17)18)53-31-29-51-65(81-41-79-51)59(53)60-54(32-30-52-66(60)82-42-80-52)84(57-39-45(69(7,8)9)35-49(63(57)77-27)73(19,20)21)58-40-46(70(10,11)12)36-50(64(58)78-28)74(22,23)24/h29-40H,41-42H2,1-28H3. The molecule has 10 heteroatoms. The van der Waals surface area contributed by atoms with E-state index in [0.29, 0.717) is 23.0 Å². The number of hydrogen-bond donors (Lipinski definition) is 0. The molecule has 6 aromatic rings. The van der Waals surface area contributed by atoms with E-state index >= 15 is 0 Å². The Morgan fingerprint density at radius 1 is 0.286 bits per heavy atom. The van der Waals surface area contributed by atoms with Crippen molar-refractivity contribution in [3.05, 3.63) is 117 Å². The monoisotopic (exact) mass is 1180 g/mol. The summed E-state index contributed by atoms with van der Waals surface area (Å²) in [5, 5.41) is 6.36. The third-order valence-corrected chi connectivity index (χ3v) is 21.5. The van der Waals surface area contributed by atoms with Gasteiger partial charge < -0.3 is 37.9 Å². The molecular weight excluding hydrogens is 1080 g/mol. The first-order valence-electron chi connectivity index (χ1n) is 30.0. The first-order chi connectivity index (χ1) is 38.6. The fraction of sp³-hybridized carbons (Fsp3) is 0.514. The minimum Gasteiger partial charge on any atom is -0.496 e. The Balaban J connectivity index is 1.72. The molecule has 8 nitrogen and oxygen atoms in total. The number of hydrogen-bond acceptors (Lipinski definition) is 8. The molecule has 0 N–H and O–H groups in total. The fourth-order valence-corrected chi connectivity index (χ4v) is 17.1. The molecule has 8 rings (SSSR count). The zero-order chi connectivity index (χ0) is 62.6. The maximum Gasteiger partial charge on any atom is 0.231 e. The number of rotatable bonds is 11. The molecular formula is C74H100O8P2. The van der Waals surface area contributed by atoms with Crippen molar-refractivity contribution in [3.63, 3.8) is 0 Å². The van der Waals surface area contributed by atoms with Crippen molar-refractivity contribution >= 4 is 47.7 Å². The van der Waals surface area contributed by atoms with E-state index < -0.39 is 15.8 Å². The van der Waals surface area contributed by atoms with Gasteiger partial charge in [-0.2, -0.15) is 0 Å². The van der Waals surface area contributed by atoms with Crippen LogP contribution in [0.5, 0.6) is 46.0 Å². The highest BCUT2D eigenvalue weighted by Gasteiger charge is 2.43. The smallest absolute Gasteiger partial charge is 0.231 e. The Hall–Kier alpha value is -5.42. The molecule has 0 saturated carbocycles. The summed E-state index contributed by atoms with van der Waals surface area (Å²) in [6.07, 6.45) is 0. The van der Waals surface area contributed by atoms with Crippen LogP contribution in [0.3, 0.4) is 0 Å². The zero-order valence-electron chi connectivity index (χ0n) is 56.5. The topological polar surface area (TPSA) is 73.8 Å². The third-order valence-electron chi connectivity index (χ3n) is 16.5. The summed E-state index contributed by atoms with van der Waals surface area (Å²) >= 11 is 0. The summed E-state index contributed by atoms with van der Waals surface area (Å²) in [5.41, 5.74) is 8.94. The highest BCUT2D eigenvalue weighted by atomic mass is 31.1. The molecule has 2 aliphatic rings. The van der Waals surface area contributed by atoms with Gasteiger partial charge >= 0.3 is 0 Å². The summed E-state index contributed by atoms with van der Waals surface area (Å²) in [7, 11) is 3.98. The first kappa shape index (κ1) is 64.6. The van der Waals surface area contributed by atoms with Gasteiger partial charge in [0.2, 0.25) is 13.6 Å². The van der Waals surface area contributed by atoms with Gasteiger partial charge in [0.15, 0.2) is 23.0 Å². The number of ether oxygens (including phenoxy) is 8. The van der Waals surface area contributed by atoms with E-state index in [-0.39, 0.29) is 56.9 Å². The first-order valence-corrected chi connectivity index (χ1v) is 32.6. The Morgan fingerprint density at radius 2 is 0.512 bits per heavy atom. The summed E-state index contributed by atoms with van der Waals surface area (Å²) in [6.45, 7) is 55.2. The van der Waals surface area contributed by atoms with Crippen molar-refractivity contribution in [2.75, 3.05) is 42.0 Å². The van der Waals surface area contributed by atoms with Crippen molar-refractivity contribution in [1.82, 2.24) is 0 Å². The van der Waals surface area contributed by atoms with Crippen LogP contribution >= 0.6 is 15.8 Å². The van der Waals surface area contributed by atoms with E-state index in [0.717, 1.165) is 88.2 Å². The number of methoxy groups -OCH3 is 4. The van der Waals surface area contributed by atoms with E-state index in [1.165, 1.54) is 22.3 Å². The van der Waals surface area contributed by atoms with Gasteiger partial charge in [-0.1, -0.05) is 190 Å². The normalized spacial score (nSPS) is 14.2. The van der Waals surface area contributed by atoms with Crippen LogP contribution in [0.15, 0.2) is 72.8 Å². The molecule has 2 aliphatic heterocycles. The Morgan fingerprint density at radius 3 is 0.702 bits per heavy atom. The fourth-order valence-electron chi connectivity index (χ4n) is 11.5. The van der Waals surface area contributed by atoms with E-state index in [9.17, 15) is 0 Å². The van der Waals surface area contributed by atoms with E-state index in [2.05, 4.69) is 239 Å². The van der Waals surface area contributed by atoms with E-state index in [1.54, 1.807) is 0 Å². The maximum absolute atomic E-state index is 7.01. The predicted molar refractivity (Wildman–Crippen MR) is 357 cm³/mol. The number of benzene rings is 6. The molecule has 0 spiro atoms. The average Bonchev–Trinajstić information content (AvgIpc) is 1.08. The summed E-state index contributed by atoms with van der Waals surface area (Å²) in [4.78, 5) is 0. The Kier molecular flexibility index (Phi) is 17.2. The van der Waals surface area contributed by atoms with Crippen molar-refractivity contribution in [2.45, 2.75) is 209 Å². The Bertz CT molecular complexity index is 3080. The summed E-state index contributed by atoms with van der Waals surface area (Å²) in [5.74, 6) is 5.98. The van der Waals surface area contributed by atoms with Crippen molar-refractivity contribution in [1.29, 1.82) is 0 Å². The molecule has 6 aromatic carbocycles. The van der Waals surface area contributed by atoms with Gasteiger partial charge in [-0.25, -0.2) is 0 Å². The minimum atomic E-state index is -1.68. The van der Waals surface area contributed by atoms with Gasteiger partial charge in [0, 0.05) is 54.6 Å².